The largest absolute Gasteiger partial charge is 0.416 e. The van der Waals surface area contributed by atoms with E-state index in [4.69, 9.17) is 0 Å². The third-order valence-electron chi connectivity index (χ3n) is 4.98. The Bertz CT molecular complexity index is 581. The minimum atomic E-state index is -4.37. The molecule has 2 atom stereocenters. The molecule has 2 fully saturated rings. The topological polar surface area (TPSA) is 32.3 Å². The van der Waals surface area contributed by atoms with Crippen molar-refractivity contribution in [2.24, 2.45) is 5.92 Å². The third-order valence-corrected chi connectivity index (χ3v) is 4.98. The van der Waals surface area contributed by atoms with Crippen LogP contribution in [0.25, 0.3) is 0 Å². The lowest BCUT2D eigenvalue weighted by atomic mass is 10.0. The zero-order valence-corrected chi connectivity index (χ0v) is 13.1. The highest BCUT2D eigenvalue weighted by Crippen LogP contribution is 2.51. The number of alkyl halides is 3. The summed E-state index contributed by atoms with van der Waals surface area (Å²) in [5.74, 6) is -0.623. The average Bonchev–Trinajstić information content (AvgIpc) is 3.34. The summed E-state index contributed by atoms with van der Waals surface area (Å²) in [4.78, 5) is 14.3. The number of hydrogen-bond acceptors (Lipinski definition) is 2. The first-order valence-electron chi connectivity index (χ1n) is 8.03. The van der Waals surface area contributed by atoms with Crippen molar-refractivity contribution in [2.45, 2.75) is 37.4 Å². The molecule has 0 spiro atoms. The van der Waals surface area contributed by atoms with Crippen molar-refractivity contribution in [3.05, 3.63) is 35.4 Å². The minimum absolute atomic E-state index is 0.0149. The Morgan fingerprint density at radius 1 is 1.22 bits per heavy atom. The molecule has 1 aliphatic carbocycles. The molecular weight excluding hydrogens is 305 g/mol. The quantitative estimate of drug-likeness (QED) is 0.926. The smallest absolute Gasteiger partial charge is 0.342 e. The van der Waals surface area contributed by atoms with E-state index in [0.29, 0.717) is 6.42 Å². The zero-order valence-electron chi connectivity index (χ0n) is 13.1. The SMILES string of the molecule is CN(C(=O)[C@@H]1C[C@H]1c1ccccc1C(F)(F)F)C1CCNCC1. The standard InChI is InChI=1S/C17H21F3N2O/c1-22(11-6-8-21-9-7-11)16(23)14-10-13(14)12-4-2-3-5-15(12)17(18,19)20/h2-5,11,13-14,21H,6-10H2,1H3/t13-,14+/m0/s1. The first-order valence-corrected chi connectivity index (χ1v) is 8.03. The summed E-state index contributed by atoms with van der Waals surface area (Å²) >= 11 is 0. The number of carbonyl (C=O) groups is 1. The maximum absolute atomic E-state index is 13.1. The van der Waals surface area contributed by atoms with Crippen molar-refractivity contribution in [3.63, 3.8) is 0 Å². The monoisotopic (exact) mass is 326 g/mol. The van der Waals surface area contributed by atoms with Gasteiger partial charge in [0.2, 0.25) is 5.91 Å². The molecule has 0 aromatic heterocycles. The molecular formula is C17H21F3N2O. The summed E-state index contributed by atoms with van der Waals surface area (Å²) in [6, 6.07) is 5.81. The second kappa shape index (κ2) is 6.15. The van der Waals surface area contributed by atoms with Gasteiger partial charge < -0.3 is 10.2 Å². The van der Waals surface area contributed by atoms with Gasteiger partial charge in [-0.3, -0.25) is 4.79 Å². The van der Waals surface area contributed by atoms with Gasteiger partial charge in [0.1, 0.15) is 0 Å². The summed E-state index contributed by atoms with van der Waals surface area (Å²) < 4.78 is 39.3. The first-order chi connectivity index (χ1) is 10.9. The van der Waals surface area contributed by atoms with Crippen LogP contribution in [0.3, 0.4) is 0 Å². The van der Waals surface area contributed by atoms with Crippen LogP contribution in [0.2, 0.25) is 0 Å². The minimum Gasteiger partial charge on any atom is -0.342 e. The number of piperidine rings is 1. The molecule has 3 nitrogen and oxygen atoms in total. The van der Waals surface area contributed by atoms with Crippen LogP contribution >= 0.6 is 0 Å². The Kier molecular flexibility index (Phi) is 4.36. The number of halogens is 3. The van der Waals surface area contributed by atoms with Crippen LogP contribution in [0.5, 0.6) is 0 Å². The lowest BCUT2D eigenvalue weighted by Crippen LogP contribution is -2.44. The van der Waals surface area contributed by atoms with Crippen LogP contribution < -0.4 is 5.32 Å². The molecule has 1 saturated carbocycles. The molecule has 23 heavy (non-hydrogen) atoms. The van der Waals surface area contributed by atoms with E-state index in [0.717, 1.165) is 32.0 Å². The molecule has 126 valence electrons. The Balaban J connectivity index is 1.71. The van der Waals surface area contributed by atoms with Gasteiger partial charge >= 0.3 is 6.18 Å². The molecule has 3 rings (SSSR count). The van der Waals surface area contributed by atoms with Gasteiger partial charge in [0.25, 0.3) is 0 Å². The highest BCUT2D eigenvalue weighted by atomic mass is 19.4. The number of nitrogens with zero attached hydrogens (tertiary/aromatic N) is 1. The molecule has 0 bridgehead atoms. The van der Waals surface area contributed by atoms with Gasteiger partial charge in [-0.1, -0.05) is 18.2 Å². The van der Waals surface area contributed by atoms with E-state index in [1.54, 1.807) is 18.0 Å². The molecule has 1 amide bonds. The van der Waals surface area contributed by atoms with Gasteiger partial charge in [-0.05, 0) is 49.9 Å². The van der Waals surface area contributed by atoms with E-state index < -0.39 is 11.7 Å². The van der Waals surface area contributed by atoms with Gasteiger partial charge in [0, 0.05) is 19.0 Å². The Morgan fingerprint density at radius 3 is 2.52 bits per heavy atom. The zero-order chi connectivity index (χ0) is 16.6. The second-order valence-electron chi connectivity index (χ2n) is 6.46. The number of benzene rings is 1. The summed E-state index contributed by atoms with van der Waals surface area (Å²) in [5.41, 5.74) is -0.345. The predicted octanol–water partition coefficient (Wildman–Crippen LogP) is 3.02. The van der Waals surface area contributed by atoms with Crippen LogP contribution in [0.4, 0.5) is 13.2 Å². The maximum atomic E-state index is 13.1. The van der Waals surface area contributed by atoms with Crippen LogP contribution in [0, 0.1) is 5.92 Å². The summed E-state index contributed by atoms with van der Waals surface area (Å²) in [7, 11) is 1.78. The lowest BCUT2D eigenvalue weighted by Gasteiger charge is -2.32. The highest BCUT2D eigenvalue weighted by Gasteiger charge is 2.49. The number of hydrogen-bond donors (Lipinski definition) is 1. The van der Waals surface area contributed by atoms with Gasteiger partial charge in [-0.25, -0.2) is 0 Å². The highest BCUT2D eigenvalue weighted by molar-refractivity contribution is 5.83. The van der Waals surface area contributed by atoms with Crippen molar-refractivity contribution in [1.82, 2.24) is 10.2 Å². The second-order valence-corrected chi connectivity index (χ2v) is 6.46. The van der Waals surface area contributed by atoms with E-state index in [-0.39, 0.29) is 29.3 Å². The fourth-order valence-electron chi connectivity index (χ4n) is 3.53. The molecule has 1 N–H and O–H groups in total. The van der Waals surface area contributed by atoms with E-state index >= 15 is 0 Å². The first kappa shape index (κ1) is 16.3. The van der Waals surface area contributed by atoms with E-state index in [1.807, 2.05) is 0 Å². The van der Waals surface area contributed by atoms with Gasteiger partial charge in [0.05, 0.1) is 5.56 Å². The van der Waals surface area contributed by atoms with Gasteiger partial charge in [-0.2, -0.15) is 13.2 Å². The van der Waals surface area contributed by atoms with Gasteiger partial charge in [-0.15, -0.1) is 0 Å². The van der Waals surface area contributed by atoms with Crippen molar-refractivity contribution >= 4 is 5.91 Å². The maximum Gasteiger partial charge on any atom is 0.416 e. The van der Waals surface area contributed by atoms with Crippen LogP contribution in [0.1, 0.15) is 36.3 Å². The lowest BCUT2D eigenvalue weighted by molar-refractivity contribution is -0.139. The van der Waals surface area contributed by atoms with Crippen molar-refractivity contribution in [2.75, 3.05) is 20.1 Å². The fourth-order valence-corrected chi connectivity index (χ4v) is 3.53. The van der Waals surface area contributed by atoms with Crippen molar-refractivity contribution in [1.29, 1.82) is 0 Å². The molecule has 1 heterocycles. The Labute approximate surface area is 133 Å². The number of nitrogens with one attached hydrogen (secondary N) is 1. The van der Waals surface area contributed by atoms with E-state index in [2.05, 4.69) is 5.32 Å². The van der Waals surface area contributed by atoms with E-state index in [1.165, 1.54) is 12.1 Å². The van der Waals surface area contributed by atoms with Crippen LogP contribution in [-0.4, -0.2) is 37.0 Å². The normalized spacial score (nSPS) is 25.2. The molecule has 1 aromatic carbocycles. The van der Waals surface area contributed by atoms with Crippen molar-refractivity contribution in [3.8, 4) is 0 Å². The van der Waals surface area contributed by atoms with Gasteiger partial charge in [0.15, 0.2) is 0 Å². The fraction of sp³-hybridized carbons (Fsp3) is 0.588. The summed E-state index contributed by atoms with van der Waals surface area (Å²) in [6.45, 7) is 1.76. The molecule has 0 unspecified atom stereocenters. The third kappa shape index (κ3) is 3.37. The average molecular weight is 326 g/mol. The number of amides is 1. The molecule has 1 aliphatic heterocycles. The van der Waals surface area contributed by atoms with Crippen LogP contribution in [0.15, 0.2) is 24.3 Å². The summed E-state index contributed by atoms with van der Waals surface area (Å²) in [6.07, 6.45) is -2.05. The van der Waals surface area contributed by atoms with E-state index in [9.17, 15) is 18.0 Å². The molecule has 1 saturated heterocycles. The number of carbonyl (C=O) groups excluding carboxylic acids is 1. The van der Waals surface area contributed by atoms with Crippen LogP contribution in [-0.2, 0) is 11.0 Å². The summed E-state index contributed by atoms with van der Waals surface area (Å²) in [5, 5.41) is 3.25. The molecule has 6 heteroatoms. The Morgan fingerprint density at radius 2 is 1.87 bits per heavy atom. The molecule has 1 aromatic rings. The predicted molar refractivity (Wildman–Crippen MR) is 81.0 cm³/mol. The number of rotatable bonds is 3. The Hall–Kier alpha value is -1.56. The van der Waals surface area contributed by atoms with Crippen molar-refractivity contribution < 1.29 is 18.0 Å². The molecule has 0 radical (unpaired) electrons. The molecule has 2 aliphatic rings.